The van der Waals surface area contributed by atoms with E-state index in [4.69, 9.17) is 14.2 Å². The summed E-state index contributed by atoms with van der Waals surface area (Å²) in [5, 5.41) is 5.40. The summed E-state index contributed by atoms with van der Waals surface area (Å²) in [6.45, 7) is -0.438. The van der Waals surface area contributed by atoms with Gasteiger partial charge in [-0.25, -0.2) is 4.79 Å². The van der Waals surface area contributed by atoms with Crippen LogP contribution in [0.4, 0.5) is 23.7 Å². The molecule has 0 aromatic heterocycles. The number of alkyl halides is 3. The van der Waals surface area contributed by atoms with Crippen LogP contribution in [0.1, 0.15) is 16.7 Å². The first kappa shape index (κ1) is 24.9. The number of nitrogens with one attached hydrogen (secondary N) is 2. The predicted molar refractivity (Wildman–Crippen MR) is 122 cm³/mol. The van der Waals surface area contributed by atoms with Gasteiger partial charge in [0.15, 0.2) is 6.61 Å². The molecule has 0 atom stereocenters. The van der Waals surface area contributed by atoms with E-state index in [1.54, 1.807) is 31.4 Å². The molecule has 3 aromatic carbocycles. The lowest BCUT2D eigenvalue weighted by Gasteiger charge is -2.12. The number of anilines is 1. The van der Waals surface area contributed by atoms with Crippen molar-refractivity contribution in [2.75, 3.05) is 19.0 Å². The van der Waals surface area contributed by atoms with Crippen molar-refractivity contribution in [3.05, 3.63) is 89.5 Å². The highest BCUT2D eigenvalue weighted by atomic mass is 19.4. The number of carbonyl (C=O) groups is 1. The Bertz CT molecular complexity index is 1070. The van der Waals surface area contributed by atoms with E-state index >= 15 is 0 Å². The highest BCUT2D eigenvalue weighted by Gasteiger charge is 2.28. The molecule has 0 radical (unpaired) electrons. The first-order valence-corrected chi connectivity index (χ1v) is 10.4. The van der Waals surface area contributed by atoms with Crippen LogP contribution in [0, 0.1) is 0 Å². The van der Waals surface area contributed by atoms with Crippen LogP contribution < -0.4 is 20.1 Å². The number of rotatable bonds is 10. The van der Waals surface area contributed by atoms with Crippen LogP contribution in [0.2, 0.25) is 0 Å². The van der Waals surface area contributed by atoms with E-state index in [9.17, 15) is 18.0 Å². The van der Waals surface area contributed by atoms with Gasteiger partial charge in [-0.1, -0.05) is 36.4 Å². The Balaban J connectivity index is 1.44. The van der Waals surface area contributed by atoms with E-state index < -0.39 is 18.8 Å². The maximum Gasteiger partial charge on any atom is 0.422 e. The Labute approximate surface area is 195 Å². The molecule has 0 aliphatic rings. The van der Waals surface area contributed by atoms with Crippen molar-refractivity contribution in [1.29, 1.82) is 0 Å². The molecule has 0 heterocycles. The van der Waals surface area contributed by atoms with Crippen LogP contribution in [0.15, 0.2) is 72.8 Å². The van der Waals surface area contributed by atoms with Gasteiger partial charge >= 0.3 is 12.2 Å². The second kappa shape index (κ2) is 11.9. The van der Waals surface area contributed by atoms with E-state index in [2.05, 4.69) is 10.6 Å². The van der Waals surface area contributed by atoms with Gasteiger partial charge in [0.2, 0.25) is 0 Å². The minimum absolute atomic E-state index is 0.0828. The van der Waals surface area contributed by atoms with Crippen LogP contribution in [-0.4, -0.2) is 25.9 Å². The topological polar surface area (TPSA) is 68.8 Å². The molecule has 2 N–H and O–H groups in total. The largest absolute Gasteiger partial charge is 0.497 e. The Morgan fingerprint density at radius 1 is 0.853 bits per heavy atom. The fourth-order valence-corrected chi connectivity index (χ4v) is 3.02. The third-order valence-corrected chi connectivity index (χ3v) is 4.64. The average Bonchev–Trinajstić information content (AvgIpc) is 2.82. The van der Waals surface area contributed by atoms with Gasteiger partial charge in [0, 0.05) is 12.2 Å². The molecule has 0 saturated carbocycles. The first-order valence-electron chi connectivity index (χ1n) is 10.4. The van der Waals surface area contributed by atoms with E-state index in [1.807, 2.05) is 36.4 Å². The van der Waals surface area contributed by atoms with E-state index in [0.717, 1.165) is 16.9 Å². The Kier molecular flexibility index (Phi) is 8.75. The normalized spacial score (nSPS) is 11.1. The van der Waals surface area contributed by atoms with E-state index in [-0.39, 0.29) is 12.3 Å². The number of halogens is 3. The van der Waals surface area contributed by atoms with Gasteiger partial charge in [-0.15, -0.1) is 0 Å². The Morgan fingerprint density at radius 3 is 2.29 bits per heavy atom. The first-order chi connectivity index (χ1) is 16.3. The summed E-state index contributed by atoms with van der Waals surface area (Å²) in [7, 11) is 1.61. The van der Waals surface area contributed by atoms with Crippen LogP contribution in [0.5, 0.6) is 11.5 Å². The van der Waals surface area contributed by atoms with Gasteiger partial charge in [0.05, 0.1) is 20.3 Å². The second-order valence-corrected chi connectivity index (χ2v) is 7.40. The summed E-state index contributed by atoms with van der Waals surface area (Å²) in [4.78, 5) is 12.2. The molecule has 180 valence electrons. The molecule has 0 saturated heterocycles. The van der Waals surface area contributed by atoms with Crippen molar-refractivity contribution in [2.24, 2.45) is 0 Å². The van der Waals surface area contributed by atoms with Crippen molar-refractivity contribution >= 4 is 11.7 Å². The molecule has 3 aromatic rings. The number of urea groups is 1. The van der Waals surface area contributed by atoms with E-state index in [0.29, 0.717) is 24.5 Å². The average molecular weight is 474 g/mol. The lowest BCUT2D eigenvalue weighted by atomic mass is 10.2. The van der Waals surface area contributed by atoms with Gasteiger partial charge in [-0.05, 0) is 53.1 Å². The number of amides is 2. The van der Waals surface area contributed by atoms with Crippen LogP contribution in [0.3, 0.4) is 0 Å². The second-order valence-electron chi connectivity index (χ2n) is 7.40. The van der Waals surface area contributed by atoms with Gasteiger partial charge in [-0.3, -0.25) is 0 Å². The quantitative estimate of drug-likeness (QED) is 0.397. The number of hydrogen-bond acceptors (Lipinski definition) is 4. The van der Waals surface area contributed by atoms with Crippen molar-refractivity contribution in [3.8, 4) is 11.5 Å². The van der Waals surface area contributed by atoms with Gasteiger partial charge in [0.25, 0.3) is 0 Å². The van der Waals surface area contributed by atoms with Gasteiger partial charge in [0.1, 0.15) is 11.5 Å². The third-order valence-electron chi connectivity index (χ3n) is 4.64. The highest BCUT2D eigenvalue weighted by molar-refractivity contribution is 5.89. The molecule has 0 fully saturated rings. The fraction of sp³-hybridized carbons (Fsp3) is 0.240. The molecule has 0 spiro atoms. The molecule has 6 nitrogen and oxygen atoms in total. The number of hydrogen-bond donors (Lipinski definition) is 2. The zero-order valence-electron chi connectivity index (χ0n) is 18.5. The van der Waals surface area contributed by atoms with Gasteiger partial charge < -0.3 is 24.8 Å². The Morgan fingerprint density at radius 2 is 1.56 bits per heavy atom. The molecule has 0 aliphatic carbocycles. The molecular weight excluding hydrogens is 449 g/mol. The number of methoxy groups -OCH3 is 1. The summed E-state index contributed by atoms with van der Waals surface area (Å²) >= 11 is 0. The summed E-state index contributed by atoms with van der Waals surface area (Å²) in [6, 6.07) is 20.5. The maximum absolute atomic E-state index is 12.3. The van der Waals surface area contributed by atoms with Crippen molar-refractivity contribution < 1.29 is 32.2 Å². The zero-order valence-corrected chi connectivity index (χ0v) is 18.5. The lowest BCUT2D eigenvalue weighted by Crippen LogP contribution is -2.28. The molecule has 3 rings (SSSR count). The molecule has 0 aliphatic heterocycles. The molecular formula is C25H25F3N2O4. The Hall–Kier alpha value is -3.72. The molecule has 9 heteroatoms. The van der Waals surface area contributed by atoms with Gasteiger partial charge in [-0.2, -0.15) is 13.2 Å². The molecule has 0 unspecified atom stereocenters. The molecule has 2 amide bonds. The van der Waals surface area contributed by atoms with E-state index in [1.165, 1.54) is 12.1 Å². The summed E-state index contributed by atoms with van der Waals surface area (Å²) in [6.07, 6.45) is -4.41. The lowest BCUT2D eigenvalue weighted by molar-refractivity contribution is -0.153. The maximum atomic E-state index is 12.3. The van der Waals surface area contributed by atoms with Crippen LogP contribution in [0.25, 0.3) is 0 Å². The molecule has 34 heavy (non-hydrogen) atoms. The number of benzene rings is 3. The summed E-state index contributed by atoms with van der Waals surface area (Å²) < 4.78 is 52.5. The monoisotopic (exact) mass is 474 g/mol. The number of ether oxygens (including phenoxy) is 3. The zero-order chi connectivity index (χ0) is 24.4. The van der Waals surface area contributed by atoms with Crippen LogP contribution in [-0.2, 0) is 24.5 Å². The third kappa shape index (κ3) is 8.67. The standard InChI is InChI=1S/C25H25F3N2O4/c1-32-22-10-8-18(9-11-22)15-33-16-20-5-2-6-21(12-20)30-24(31)29-14-19-4-3-7-23(13-19)34-17-25(26,27)28/h2-13H,14-17H2,1H3,(H2,29,30,31). The summed E-state index contributed by atoms with van der Waals surface area (Å²) in [5.74, 6) is 0.864. The van der Waals surface area contributed by atoms with Crippen molar-refractivity contribution in [1.82, 2.24) is 5.32 Å². The summed E-state index contributed by atoms with van der Waals surface area (Å²) in [5.41, 5.74) is 3.10. The molecule has 0 bridgehead atoms. The fourth-order valence-electron chi connectivity index (χ4n) is 3.02. The minimum Gasteiger partial charge on any atom is -0.497 e. The highest BCUT2D eigenvalue weighted by Crippen LogP contribution is 2.19. The van der Waals surface area contributed by atoms with Crippen molar-refractivity contribution in [3.63, 3.8) is 0 Å². The smallest absolute Gasteiger partial charge is 0.422 e. The minimum atomic E-state index is -4.41. The van der Waals surface area contributed by atoms with Crippen LogP contribution >= 0.6 is 0 Å². The predicted octanol–water partition coefficient (Wildman–Crippen LogP) is 5.67. The number of carbonyl (C=O) groups excluding carboxylic acids is 1. The SMILES string of the molecule is COc1ccc(COCc2cccc(NC(=O)NCc3cccc(OCC(F)(F)F)c3)c2)cc1. The van der Waals surface area contributed by atoms with Crippen molar-refractivity contribution in [2.45, 2.75) is 25.9 Å².